The number of carboxylic acids is 1. The van der Waals surface area contributed by atoms with Crippen molar-refractivity contribution >= 4 is 18.2 Å². The van der Waals surface area contributed by atoms with Gasteiger partial charge in [-0.15, -0.1) is 0 Å². The first-order valence-electron chi connectivity index (χ1n) is 5.79. The largest absolute Gasteiger partial charge is 0.478 e. The molecule has 1 atom stereocenters. The van der Waals surface area contributed by atoms with E-state index in [-0.39, 0.29) is 11.3 Å². The molecule has 1 aromatic rings. The van der Waals surface area contributed by atoms with Crippen molar-refractivity contribution < 1.29 is 19.5 Å². The number of hydrogen-bond acceptors (Lipinski definition) is 4. The predicted octanol–water partition coefficient (Wildman–Crippen LogP) is 0.209. The molecule has 0 fully saturated rings. The number of nitrogens with zero attached hydrogens (tertiary/aromatic N) is 1. The van der Waals surface area contributed by atoms with Crippen molar-refractivity contribution in [3.8, 4) is 0 Å². The fourth-order valence-electron chi connectivity index (χ4n) is 2.19. The van der Waals surface area contributed by atoms with Gasteiger partial charge >= 0.3 is 5.97 Å². The summed E-state index contributed by atoms with van der Waals surface area (Å²) in [5, 5.41) is 12.0. The molecule has 0 spiro atoms. The highest BCUT2D eigenvalue weighted by atomic mass is 16.4. The van der Waals surface area contributed by atoms with Gasteiger partial charge in [0.2, 0.25) is 0 Å². The zero-order chi connectivity index (χ0) is 14.7. The lowest BCUT2D eigenvalue weighted by molar-refractivity contribution is -0.122. The number of nitrogens with one attached hydrogen (secondary N) is 1. The smallest absolute Gasteiger partial charge is 0.337 e. The number of aromatic nitrogens is 1. The number of primary amides is 1. The number of likely N-dealkylation sites (N-methyl/N-ethyl adjacent to an activating group) is 1. The van der Waals surface area contributed by atoms with Gasteiger partial charge in [0.1, 0.15) is 0 Å². The van der Waals surface area contributed by atoms with Gasteiger partial charge in [0.15, 0.2) is 12.5 Å². The molecule has 1 heterocycles. The lowest BCUT2D eigenvalue weighted by atomic mass is 10.1. The summed E-state index contributed by atoms with van der Waals surface area (Å²) >= 11 is 0. The molecule has 7 nitrogen and oxygen atoms in total. The fraction of sp³-hybridized carbons (Fsp3) is 0.417. The first kappa shape index (κ1) is 14.9. The molecule has 0 saturated heterocycles. The summed E-state index contributed by atoms with van der Waals surface area (Å²) in [4.78, 5) is 33.9. The van der Waals surface area contributed by atoms with E-state index >= 15 is 0 Å². The molecule has 1 rings (SSSR count). The number of hydrogen-bond donors (Lipinski definition) is 3. The molecule has 104 valence electrons. The van der Waals surface area contributed by atoms with Gasteiger partial charge in [-0.05, 0) is 26.0 Å². The molecule has 1 aromatic heterocycles. The van der Waals surface area contributed by atoms with Crippen LogP contribution in [0.15, 0.2) is 0 Å². The van der Waals surface area contributed by atoms with Gasteiger partial charge in [-0.1, -0.05) is 6.92 Å². The SMILES string of the molecule is CCNC(C(N)=O)n1c(C)c(C(=O)O)c(C)c1C=O. The van der Waals surface area contributed by atoms with Crippen LogP contribution in [0.1, 0.15) is 45.2 Å². The topological polar surface area (TPSA) is 114 Å². The first-order valence-corrected chi connectivity index (χ1v) is 5.79. The first-order chi connectivity index (χ1) is 8.86. The second-order valence-corrected chi connectivity index (χ2v) is 4.13. The van der Waals surface area contributed by atoms with E-state index in [4.69, 9.17) is 10.8 Å². The van der Waals surface area contributed by atoms with E-state index in [0.717, 1.165) is 0 Å². The van der Waals surface area contributed by atoms with Gasteiger partial charge in [0, 0.05) is 5.69 Å². The van der Waals surface area contributed by atoms with E-state index in [2.05, 4.69) is 5.32 Å². The van der Waals surface area contributed by atoms with E-state index in [0.29, 0.717) is 24.1 Å². The Bertz CT molecular complexity index is 534. The lowest BCUT2D eigenvalue weighted by Crippen LogP contribution is -2.39. The van der Waals surface area contributed by atoms with Gasteiger partial charge in [-0.3, -0.25) is 14.9 Å². The van der Waals surface area contributed by atoms with Crippen LogP contribution in [0.5, 0.6) is 0 Å². The Balaban J connectivity index is 3.57. The number of carbonyl (C=O) groups excluding carboxylic acids is 2. The van der Waals surface area contributed by atoms with Gasteiger partial charge < -0.3 is 15.4 Å². The van der Waals surface area contributed by atoms with Crippen LogP contribution in [0.4, 0.5) is 0 Å². The maximum absolute atomic E-state index is 11.5. The minimum atomic E-state index is -1.14. The quantitative estimate of drug-likeness (QED) is 0.637. The molecule has 1 unspecified atom stereocenters. The van der Waals surface area contributed by atoms with Crippen molar-refractivity contribution in [3.63, 3.8) is 0 Å². The normalized spacial score (nSPS) is 12.2. The number of rotatable bonds is 6. The summed E-state index contributed by atoms with van der Waals surface area (Å²) in [5.74, 6) is -1.82. The van der Waals surface area contributed by atoms with Crippen molar-refractivity contribution in [2.24, 2.45) is 5.73 Å². The minimum Gasteiger partial charge on any atom is -0.478 e. The number of amides is 1. The molecular formula is C12H17N3O4. The second kappa shape index (κ2) is 5.66. The fourth-order valence-corrected chi connectivity index (χ4v) is 2.19. The van der Waals surface area contributed by atoms with Crippen molar-refractivity contribution in [1.82, 2.24) is 9.88 Å². The molecule has 0 aliphatic carbocycles. The van der Waals surface area contributed by atoms with E-state index < -0.39 is 18.0 Å². The Hall–Kier alpha value is -2.15. The van der Waals surface area contributed by atoms with Crippen LogP contribution in [0.3, 0.4) is 0 Å². The molecule has 4 N–H and O–H groups in total. The van der Waals surface area contributed by atoms with E-state index in [1.165, 1.54) is 18.4 Å². The molecule has 19 heavy (non-hydrogen) atoms. The van der Waals surface area contributed by atoms with Crippen molar-refractivity contribution in [3.05, 3.63) is 22.5 Å². The number of carboxylic acid groups (broad SMARTS) is 1. The maximum Gasteiger partial charge on any atom is 0.337 e. The van der Waals surface area contributed by atoms with Crippen LogP contribution in [0, 0.1) is 13.8 Å². The Morgan fingerprint density at radius 2 is 2.05 bits per heavy atom. The number of aldehydes is 1. The Kier molecular flexibility index (Phi) is 4.44. The second-order valence-electron chi connectivity index (χ2n) is 4.13. The zero-order valence-corrected chi connectivity index (χ0v) is 11.1. The molecule has 0 radical (unpaired) electrons. The van der Waals surface area contributed by atoms with Crippen LogP contribution < -0.4 is 11.1 Å². The van der Waals surface area contributed by atoms with Crippen LogP contribution in [-0.2, 0) is 4.79 Å². The van der Waals surface area contributed by atoms with Gasteiger partial charge in [-0.2, -0.15) is 0 Å². The highest BCUT2D eigenvalue weighted by Crippen LogP contribution is 2.24. The summed E-state index contributed by atoms with van der Waals surface area (Å²) in [6.07, 6.45) is -0.417. The van der Waals surface area contributed by atoms with Crippen LogP contribution in [0.25, 0.3) is 0 Å². The third kappa shape index (κ3) is 2.50. The van der Waals surface area contributed by atoms with Gasteiger partial charge in [0.05, 0.1) is 11.3 Å². The molecular weight excluding hydrogens is 250 g/mol. The third-order valence-electron chi connectivity index (χ3n) is 2.99. The van der Waals surface area contributed by atoms with Crippen molar-refractivity contribution in [2.75, 3.05) is 6.54 Å². The number of aromatic carboxylic acids is 1. The number of nitrogens with two attached hydrogens (primary N) is 1. The van der Waals surface area contributed by atoms with E-state index in [9.17, 15) is 14.4 Å². The summed E-state index contributed by atoms with van der Waals surface area (Å²) in [6.45, 7) is 5.29. The van der Waals surface area contributed by atoms with Gasteiger partial charge in [0.25, 0.3) is 5.91 Å². The molecule has 0 aromatic carbocycles. The summed E-state index contributed by atoms with van der Waals surface area (Å²) in [7, 11) is 0. The maximum atomic E-state index is 11.5. The standard InChI is InChI=1S/C12H17N3O4/c1-4-14-11(10(13)17)15-7(3)9(12(18)19)6(2)8(15)5-16/h5,11,14H,4H2,1-3H3,(H2,13,17)(H,18,19). The summed E-state index contributed by atoms with van der Waals surface area (Å²) < 4.78 is 1.33. The molecule has 1 amide bonds. The minimum absolute atomic E-state index is 0.0197. The van der Waals surface area contributed by atoms with Crippen LogP contribution in [-0.4, -0.2) is 34.4 Å². The van der Waals surface area contributed by atoms with Gasteiger partial charge in [-0.25, -0.2) is 4.79 Å². The summed E-state index contributed by atoms with van der Waals surface area (Å²) in [5.41, 5.74) is 6.10. The predicted molar refractivity (Wildman–Crippen MR) is 68.2 cm³/mol. The van der Waals surface area contributed by atoms with Crippen LogP contribution in [0.2, 0.25) is 0 Å². The average molecular weight is 267 g/mol. The van der Waals surface area contributed by atoms with E-state index in [1.807, 2.05) is 0 Å². The third-order valence-corrected chi connectivity index (χ3v) is 2.99. The molecule has 0 saturated carbocycles. The molecule has 0 aliphatic heterocycles. The highest BCUT2D eigenvalue weighted by Gasteiger charge is 2.28. The highest BCUT2D eigenvalue weighted by molar-refractivity contribution is 5.95. The Morgan fingerprint density at radius 1 is 1.47 bits per heavy atom. The zero-order valence-electron chi connectivity index (χ0n) is 11.1. The number of carbonyl (C=O) groups is 3. The molecule has 0 aliphatic rings. The average Bonchev–Trinajstić information content (AvgIpc) is 2.56. The van der Waals surface area contributed by atoms with Crippen LogP contribution >= 0.6 is 0 Å². The molecule has 7 heteroatoms. The Labute approximate surface area is 110 Å². The van der Waals surface area contributed by atoms with E-state index in [1.54, 1.807) is 6.92 Å². The van der Waals surface area contributed by atoms with Crippen molar-refractivity contribution in [2.45, 2.75) is 26.9 Å². The Morgan fingerprint density at radius 3 is 2.42 bits per heavy atom. The monoisotopic (exact) mass is 267 g/mol. The molecule has 0 bridgehead atoms. The van der Waals surface area contributed by atoms with Crippen molar-refractivity contribution in [1.29, 1.82) is 0 Å². The summed E-state index contributed by atoms with van der Waals surface area (Å²) in [6, 6.07) is 0. The lowest BCUT2D eigenvalue weighted by Gasteiger charge is -2.19.